The Bertz CT molecular complexity index is 410. The van der Waals surface area contributed by atoms with Crippen LogP contribution >= 0.6 is 0 Å². The minimum Gasteiger partial charge on any atom is -0.481 e. The first-order chi connectivity index (χ1) is 9.04. The Morgan fingerprint density at radius 3 is 2.84 bits per heavy atom. The zero-order valence-electron chi connectivity index (χ0n) is 11.7. The molecule has 0 unspecified atom stereocenters. The van der Waals surface area contributed by atoms with Crippen molar-refractivity contribution in [3.05, 3.63) is 12.3 Å². The predicted octanol–water partition coefficient (Wildman–Crippen LogP) is 1.95. The summed E-state index contributed by atoms with van der Waals surface area (Å²) in [5, 5.41) is 8.68. The number of rotatable bonds is 8. The molecule has 0 spiro atoms. The van der Waals surface area contributed by atoms with E-state index < -0.39 is 5.97 Å². The van der Waals surface area contributed by atoms with Crippen LogP contribution < -0.4 is 9.64 Å². The Hall–Kier alpha value is -1.85. The molecular formula is C13H21N3O3. The molecule has 6 nitrogen and oxygen atoms in total. The Kier molecular flexibility index (Phi) is 6.05. The van der Waals surface area contributed by atoms with E-state index in [1.165, 1.54) is 0 Å². The SMILES string of the molecule is CCOc1ccnc(N(CCCC(=O)O)C(C)C)n1. The highest BCUT2D eigenvalue weighted by molar-refractivity contribution is 5.66. The van der Waals surface area contributed by atoms with Gasteiger partial charge in [-0.25, -0.2) is 4.98 Å². The molecule has 1 aromatic rings. The fourth-order valence-corrected chi connectivity index (χ4v) is 1.69. The number of hydrogen-bond donors (Lipinski definition) is 1. The van der Waals surface area contributed by atoms with Crippen molar-refractivity contribution in [2.24, 2.45) is 0 Å². The third-order valence-electron chi connectivity index (χ3n) is 2.58. The van der Waals surface area contributed by atoms with E-state index >= 15 is 0 Å². The lowest BCUT2D eigenvalue weighted by atomic mass is 10.2. The van der Waals surface area contributed by atoms with E-state index in [4.69, 9.17) is 9.84 Å². The van der Waals surface area contributed by atoms with Crippen LogP contribution in [0.5, 0.6) is 5.88 Å². The first-order valence-electron chi connectivity index (χ1n) is 6.48. The van der Waals surface area contributed by atoms with Gasteiger partial charge in [-0.3, -0.25) is 4.79 Å². The average molecular weight is 267 g/mol. The van der Waals surface area contributed by atoms with E-state index in [0.29, 0.717) is 31.4 Å². The van der Waals surface area contributed by atoms with Gasteiger partial charge in [0.05, 0.1) is 6.61 Å². The molecule has 0 atom stereocenters. The smallest absolute Gasteiger partial charge is 0.303 e. The third kappa shape index (κ3) is 5.11. The second-order valence-electron chi connectivity index (χ2n) is 4.41. The van der Waals surface area contributed by atoms with Crippen molar-refractivity contribution < 1.29 is 14.6 Å². The normalized spacial score (nSPS) is 10.5. The van der Waals surface area contributed by atoms with Gasteiger partial charge < -0.3 is 14.7 Å². The highest BCUT2D eigenvalue weighted by Gasteiger charge is 2.14. The lowest BCUT2D eigenvalue weighted by Crippen LogP contribution is -2.33. The molecule has 106 valence electrons. The van der Waals surface area contributed by atoms with E-state index in [9.17, 15) is 4.79 Å². The molecule has 0 saturated carbocycles. The number of carbonyl (C=O) groups is 1. The Morgan fingerprint density at radius 1 is 1.53 bits per heavy atom. The van der Waals surface area contributed by atoms with Gasteiger partial charge in [-0.05, 0) is 27.2 Å². The molecule has 0 saturated heterocycles. The number of ether oxygens (including phenoxy) is 1. The Labute approximate surface area is 113 Å². The fourth-order valence-electron chi connectivity index (χ4n) is 1.69. The van der Waals surface area contributed by atoms with Crippen LogP contribution in [0.25, 0.3) is 0 Å². The molecule has 19 heavy (non-hydrogen) atoms. The van der Waals surface area contributed by atoms with Crippen LogP contribution in [-0.4, -0.2) is 40.2 Å². The molecule has 1 heterocycles. The quantitative estimate of drug-likeness (QED) is 0.776. The predicted molar refractivity (Wildman–Crippen MR) is 72.6 cm³/mol. The molecule has 1 aromatic heterocycles. The van der Waals surface area contributed by atoms with E-state index in [0.717, 1.165) is 0 Å². The maximum absolute atomic E-state index is 10.6. The first kappa shape index (κ1) is 15.2. The summed E-state index contributed by atoms with van der Waals surface area (Å²) in [5.74, 6) is 0.329. The fraction of sp³-hybridized carbons (Fsp3) is 0.615. The number of carboxylic acid groups (broad SMARTS) is 1. The number of hydrogen-bond acceptors (Lipinski definition) is 5. The third-order valence-corrected chi connectivity index (χ3v) is 2.58. The van der Waals surface area contributed by atoms with Gasteiger partial charge in [0.1, 0.15) is 0 Å². The largest absolute Gasteiger partial charge is 0.481 e. The van der Waals surface area contributed by atoms with Crippen LogP contribution in [0.1, 0.15) is 33.6 Å². The van der Waals surface area contributed by atoms with Crippen molar-refractivity contribution in [2.75, 3.05) is 18.1 Å². The molecule has 0 bridgehead atoms. The number of aromatic nitrogens is 2. The van der Waals surface area contributed by atoms with Crippen molar-refractivity contribution in [1.29, 1.82) is 0 Å². The zero-order valence-corrected chi connectivity index (χ0v) is 11.7. The van der Waals surface area contributed by atoms with Gasteiger partial charge in [0.15, 0.2) is 0 Å². The van der Waals surface area contributed by atoms with Crippen molar-refractivity contribution in [2.45, 2.75) is 39.7 Å². The molecule has 0 aliphatic heterocycles. The highest BCUT2D eigenvalue weighted by Crippen LogP contribution is 2.16. The molecule has 0 radical (unpaired) electrons. The van der Waals surface area contributed by atoms with Gasteiger partial charge in [0, 0.05) is 31.3 Å². The van der Waals surface area contributed by atoms with E-state index in [1.54, 1.807) is 12.3 Å². The van der Waals surface area contributed by atoms with Gasteiger partial charge in [0.25, 0.3) is 0 Å². The van der Waals surface area contributed by atoms with Gasteiger partial charge >= 0.3 is 5.97 Å². The van der Waals surface area contributed by atoms with Gasteiger partial charge in [-0.1, -0.05) is 0 Å². The molecule has 6 heteroatoms. The summed E-state index contributed by atoms with van der Waals surface area (Å²) < 4.78 is 5.35. The Balaban J connectivity index is 2.74. The molecule has 0 amide bonds. The molecule has 1 N–H and O–H groups in total. The van der Waals surface area contributed by atoms with E-state index in [-0.39, 0.29) is 12.5 Å². The average Bonchev–Trinajstić information content (AvgIpc) is 2.34. The highest BCUT2D eigenvalue weighted by atomic mass is 16.5. The topological polar surface area (TPSA) is 75.5 Å². The second kappa shape index (κ2) is 7.56. The number of anilines is 1. The zero-order chi connectivity index (χ0) is 14.3. The van der Waals surface area contributed by atoms with Crippen LogP contribution in [0.4, 0.5) is 5.95 Å². The maximum Gasteiger partial charge on any atom is 0.303 e. The lowest BCUT2D eigenvalue weighted by molar-refractivity contribution is -0.137. The van der Waals surface area contributed by atoms with Gasteiger partial charge in [-0.2, -0.15) is 4.98 Å². The molecule has 0 fully saturated rings. The summed E-state index contributed by atoms with van der Waals surface area (Å²) in [7, 11) is 0. The van der Waals surface area contributed by atoms with E-state index in [2.05, 4.69) is 9.97 Å². The van der Waals surface area contributed by atoms with Crippen LogP contribution in [0, 0.1) is 0 Å². The van der Waals surface area contributed by atoms with Crippen LogP contribution in [0.2, 0.25) is 0 Å². The van der Waals surface area contributed by atoms with Gasteiger partial charge in [-0.15, -0.1) is 0 Å². The summed E-state index contributed by atoms with van der Waals surface area (Å²) in [6.07, 6.45) is 2.37. The summed E-state index contributed by atoms with van der Waals surface area (Å²) in [5.41, 5.74) is 0. The Morgan fingerprint density at radius 2 is 2.26 bits per heavy atom. The van der Waals surface area contributed by atoms with Crippen molar-refractivity contribution >= 4 is 11.9 Å². The lowest BCUT2D eigenvalue weighted by Gasteiger charge is -2.26. The summed E-state index contributed by atoms with van der Waals surface area (Å²) in [4.78, 5) is 21.1. The second-order valence-corrected chi connectivity index (χ2v) is 4.41. The molecule has 1 rings (SSSR count). The minimum absolute atomic E-state index is 0.147. The van der Waals surface area contributed by atoms with Gasteiger partial charge in [0.2, 0.25) is 11.8 Å². The summed E-state index contributed by atoms with van der Waals surface area (Å²) >= 11 is 0. The first-order valence-corrected chi connectivity index (χ1v) is 6.48. The molecule has 0 aliphatic carbocycles. The van der Waals surface area contributed by atoms with Crippen molar-refractivity contribution in [1.82, 2.24) is 9.97 Å². The number of carboxylic acids is 1. The summed E-state index contributed by atoms with van der Waals surface area (Å²) in [6, 6.07) is 1.91. The van der Waals surface area contributed by atoms with Crippen LogP contribution in [0.3, 0.4) is 0 Å². The molecule has 0 aliphatic rings. The number of aliphatic carboxylic acids is 1. The van der Waals surface area contributed by atoms with Crippen LogP contribution in [0.15, 0.2) is 12.3 Å². The van der Waals surface area contributed by atoms with Crippen molar-refractivity contribution in [3.63, 3.8) is 0 Å². The monoisotopic (exact) mass is 267 g/mol. The minimum atomic E-state index is -0.785. The molecule has 0 aromatic carbocycles. The van der Waals surface area contributed by atoms with Crippen molar-refractivity contribution in [3.8, 4) is 5.88 Å². The maximum atomic E-state index is 10.6. The molecular weight excluding hydrogens is 246 g/mol. The van der Waals surface area contributed by atoms with Crippen LogP contribution in [-0.2, 0) is 4.79 Å². The number of nitrogens with zero attached hydrogens (tertiary/aromatic N) is 3. The van der Waals surface area contributed by atoms with E-state index in [1.807, 2.05) is 25.7 Å². The summed E-state index contributed by atoms with van der Waals surface area (Å²) in [6.45, 7) is 7.11. The standard InChI is InChI=1S/C13H21N3O3/c1-4-19-11-7-8-14-13(15-11)16(10(2)3)9-5-6-12(17)18/h7-8,10H,4-6,9H2,1-3H3,(H,17,18).